The van der Waals surface area contributed by atoms with Crippen molar-refractivity contribution in [3.8, 4) is 0 Å². The summed E-state index contributed by atoms with van der Waals surface area (Å²) in [5.74, 6) is -0.120. The van der Waals surface area contributed by atoms with Crippen LogP contribution in [-0.2, 0) is 17.1 Å². The number of sulfonamides is 1. The average molecular weight is 298 g/mol. The Morgan fingerprint density at radius 2 is 2.10 bits per heavy atom. The van der Waals surface area contributed by atoms with E-state index in [9.17, 15) is 12.8 Å². The van der Waals surface area contributed by atoms with Crippen molar-refractivity contribution in [2.75, 3.05) is 0 Å². The maximum absolute atomic E-state index is 13.2. The van der Waals surface area contributed by atoms with E-state index in [1.165, 1.54) is 23.1 Å². The molecule has 0 aliphatic carbocycles. The van der Waals surface area contributed by atoms with Gasteiger partial charge >= 0.3 is 0 Å². The summed E-state index contributed by atoms with van der Waals surface area (Å²) < 4.78 is 41.8. The molecule has 0 amide bonds. The van der Waals surface area contributed by atoms with Crippen molar-refractivity contribution in [3.63, 3.8) is 0 Å². The Hall–Kier alpha value is -1.80. The standard InChI is InChI=1S/C12H15FN4O2S/c1-8-4-5-10(13)6-11(8)20(18,19)16-9(2)12-14-7-15-17(12)3/h4-7,9,16H,1-3H3. The molecule has 1 aromatic heterocycles. The van der Waals surface area contributed by atoms with Crippen LogP contribution in [0.2, 0.25) is 0 Å². The van der Waals surface area contributed by atoms with E-state index in [4.69, 9.17) is 0 Å². The minimum Gasteiger partial charge on any atom is -0.252 e. The van der Waals surface area contributed by atoms with Gasteiger partial charge in [-0.05, 0) is 31.5 Å². The zero-order valence-electron chi connectivity index (χ0n) is 11.3. The van der Waals surface area contributed by atoms with Crippen LogP contribution in [0.4, 0.5) is 4.39 Å². The predicted molar refractivity (Wildman–Crippen MR) is 70.9 cm³/mol. The number of rotatable bonds is 4. The molecule has 2 aromatic rings. The summed E-state index contributed by atoms with van der Waals surface area (Å²) >= 11 is 0. The lowest BCUT2D eigenvalue weighted by Gasteiger charge is -2.14. The van der Waals surface area contributed by atoms with E-state index in [1.54, 1.807) is 20.9 Å². The Labute approximate surface area is 116 Å². The number of aromatic nitrogens is 3. The van der Waals surface area contributed by atoms with Crippen LogP contribution in [0.3, 0.4) is 0 Å². The summed E-state index contributed by atoms with van der Waals surface area (Å²) in [6.07, 6.45) is 1.34. The number of benzene rings is 1. The molecule has 0 radical (unpaired) electrons. The van der Waals surface area contributed by atoms with Gasteiger partial charge in [-0.3, -0.25) is 4.68 Å². The molecule has 1 unspecified atom stereocenters. The first-order valence-electron chi connectivity index (χ1n) is 5.93. The molecular formula is C12H15FN4O2S. The van der Waals surface area contributed by atoms with Crippen molar-refractivity contribution in [2.45, 2.75) is 24.8 Å². The second kappa shape index (κ2) is 5.29. The number of halogens is 1. The van der Waals surface area contributed by atoms with Crippen molar-refractivity contribution >= 4 is 10.0 Å². The first kappa shape index (κ1) is 14.6. The first-order valence-corrected chi connectivity index (χ1v) is 7.42. The van der Waals surface area contributed by atoms with Gasteiger partial charge in [0.15, 0.2) is 0 Å². The van der Waals surface area contributed by atoms with Crippen LogP contribution in [0.25, 0.3) is 0 Å². The number of hydrogen-bond donors (Lipinski definition) is 1. The Kier molecular flexibility index (Phi) is 3.87. The third-order valence-electron chi connectivity index (χ3n) is 2.91. The molecule has 20 heavy (non-hydrogen) atoms. The molecule has 0 aliphatic heterocycles. The zero-order valence-corrected chi connectivity index (χ0v) is 12.1. The minimum absolute atomic E-state index is 0.0773. The van der Waals surface area contributed by atoms with E-state index in [1.807, 2.05) is 0 Å². The Morgan fingerprint density at radius 1 is 1.40 bits per heavy atom. The summed E-state index contributed by atoms with van der Waals surface area (Å²) in [6, 6.07) is 3.08. The van der Waals surface area contributed by atoms with Crippen LogP contribution in [0.1, 0.15) is 24.4 Å². The fourth-order valence-electron chi connectivity index (χ4n) is 1.91. The van der Waals surface area contributed by atoms with Gasteiger partial charge in [0.2, 0.25) is 10.0 Å². The molecule has 0 bridgehead atoms. The molecule has 1 atom stereocenters. The van der Waals surface area contributed by atoms with Crippen molar-refractivity contribution in [3.05, 3.63) is 41.7 Å². The summed E-state index contributed by atoms with van der Waals surface area (Å²) in [4.78, 5) is 3.91. The molecule has 0 saturated carbocycles. The number of nitrogens with zero attached hydrogens (tertiary/aromatic N) is 3. The molecular weight excluding hydrogens is 283 g/mol. The molecule has 0 fully saturated rings. The monoisotopic (exact) mass is 298 g/mol. The molecule has 8 heteroatoms. The third-order valence-corrected chi connectivity index (χ3v) is 4.59. The molecule has 0 saturated heterocycles. The van der Waals surface area contributed by atoms with E-state index in [0.29, 0.717) is 11.4 Å². The van der Waals surface area contributed by atoms with Crippen LogP contribution in [-0.4, -0.2) is 23.2 Å². The first-order chi connectivity index (χ1) is 9.31. The fraction of sp³-hybridized carbons (Fsp3) is 0.333. The number of hydrogen-bond acceptors (Lipinski definition) is 4. The molecule has 108 valence electrons. The molecule has 1 N–H and O–H groups in total. The van der Waals surface area contributed by atoms with Crippen LogP contribution < -0.4 is 4.72 Å². The topological polar surface area (TPSA) is 76.9 Å². The molecule has 2 rings (SSSR count). The molecule has 1 aromatic carbocycles. The van der Waals surface area contributed by atoms with E-state index in [2.05, 4.69) is 14.8 Å². The lowest BCUT2D eigenvalue weighted by atomic mass is 10.2. The zero-order chi connectivity index (χ0) is 14.9. The summed E-state index contributed by atoms with van der Waals surface area (Å²) in [6.45, 7) is 3.26. The van der Waals surface area contributed by atoms with Gasteiger partial charge in [0.05, 0.1) is 10.9 Å². The van der Waals surface area contributed by atoms with E-state index in [0.717, 1.165) is 6.07 Å². The smallest absolute Gasteiger partial charge is 0.241 e. The van der Waals surface area contributed by atoms with Crippen LogP contribution in [0.5, 0.6) is 0 Å². The highest BCUT2D eigenvalue weighted by molar-refractivity contribution is 7.89. The van der Waals surface area contributed by atoms with Crippen molar-refractivity contribution < 1.29 is 12.8 Å². The lowest BCUT2D eigenvalue weighted by molar-refractivity contribution is 0.545. The molecule has 0 spiro atoms. The van der Waals surface area contributed by atoms with E-state index < -0.39 is 21.9 Å². The largest absolute Gasteiger partial charge is 0.252 e. The van der Waals surface area contributed by atoms with Gasteiger partial charge < -0.3 is 0 Å². The average Bonchev–Trinajstić information content (AvgIpc) is 2.78. The van der Waals surface area contributed by atoms with Gasteiger partial charge in [-0.2, -0.15) is 5.10 Å². The highest BCUT2D eigenvalue weighted by Gasteiger charge is 2.23. The van der Waals surface area contributed by atoms with Gasteiger partial charge in [0, 0.05) is 7.05 Å². The van der Waals surface area contributed by atoms with Gasteiger partial charge in [0.25, 0.3) is 0 Å². The summed E-state index contributed by atoms with van der Waals surface area (Å²) in [7, 11) is -2.16. The van der Waals surface area contributed by atoms with Gasteiger partial charge in [-0.15, -0.1) is 0 Å². The highest BCUT2D eigenvalue weighted by atomic mass is 32.2. The summed E-state index contributed by atoms with van der Waals surface area (Å²) in [5.41, 5.74) is 0.476. The number of nitrogens with one attached hydrogen (secondary N) is 1. The van der Waals surface area contributed by atoms with Crippen molar-refractivity contribution in [1.29, 1.82) is 0 Å². The maximum Gasteiger partial charge on any atom is 0.241 e. The van der Waals surface area contributed by atoms with Gasteiger partial charge in [-0.25, -0.2) is 22.5 Å². The minimum atomic E-state index is -3.83. The molecule has 0 aliphatic rings. The van der Waals surface area contributed by atoms with E-state index >= 15 is 0 Å². The van der Waals surface area contributed by atoms with Crippen LogP contribution >= 0.6 is 0 Å². The van der Waals surface area contributed by atoms with Gasteiger partial charge in [0.1, 0.15) is 18.0 Å². The maximum atomic E-state index is 13.2. The predicted octanol–water partition coefficient (Wildman–Crippen LogP) is 1.30. The second-order valence-electron chi connectivity index (χ2n) is 4.49. The quantitative estimate of drug-likeness (QED) is 0.923. The Balaban J connectivity index is 2.32. The van der Waals surface area contributed by atoms with E-state index in [-0.39, 0.29) is 4.90 Å². The third kappa shape index (κ3) is 2.86. The lowest BCUT2D eigenvalue weighted by Crippen LogP contribution is -2.29. The molecule has 1 heterocycles. The highest BCUT2D eigenvalue weighted by Crippen LogP contribution is 2.19. The van der Waals surface area contributed by atoms with Gasteiger partial charge in [-0.1, -0.05) is 6.07 Å². The number of aryl methyl sites for hydroxylation is 2. The summed E-state index contributed by atoms with van der Waals surface area (Å²) in [5, 5.41) is 3.88. The Morgan fingerprint density at radius 3 is 2.70 bits per heavy atom. The Bertz CT molecular complexity index is 727. The van der Waals surface area contributed by atoms with Crippen molar-refractivity contribution in [2.24, 2.45) is 7.05 Å². The van der Waals surface area contributed by atoms with Crippen LogP contribution in [0.15, 0.2) is 29.4 Å². The normalized spacial score (nSPS) is 13.4. The SMILES string of the molecule is Cc1ccc(F)cc1S(=O)(=O)NC(C)c1ncnn1C. The molecule has 6 nitrogen and oxygen atoms in total. The second-order valence-corrected chi connectivity index (χ2v) is 6.18. The van der Waals surface area contributed by atoms with Crippen LogP contribution in [0, 0.1) is 12.7 Å². The van der Waals surface area contributed by atoms with Crippen molar-refractivity contribution in [1.82, 2.24) is 19.5 Å². The fourth-order valence-corrected chi connectivity index (χ4v) is 3.37.